The number of hydrogen-bond acceptors (Lipinski definition) is 4. The summed E-state index contributed by atoms with van der Waals surface area (Å²) in [6.07, 6.45) is 4.29. The normalized spacial score (nSPS) is 18.0. The van der Waals surface area contributed by atoms with Gasteiger partial charge in [0.15, 0.2) is 6.10 Å². The monoisotopic (exact) mass is 472 g/mol. The van der Waals surface area contributed by atoms with E-state index in [1.54, 1.807) is 12.3 Å². The molecule has 6 nitrogen and oxygen atoms in total. The zero-order valence-electron chi connectivity index (χ0n) is 20.3. The third-order valence-corrected chi connectivity index (χ3v) is 6.91. The van der Waals surface area contributed by atoms with E-state index in [4.69, 9.17) is 9.15 Å². The predicted molar refractivity (Wildman–Crippen MR) is 133 cm³/mol. The lowest BCUT2D eigenvalue weighted by Gasteiger charge is -2.38. The maximum absolute atomic E-state index is 13.2. The summed E-state index contributed by atoms with van der Waals surface area (Å²) in [5.74, 6) is 1.56. The zero-order chi connectivity index (χ0) is 24.4. The second kappa shape index (κ2) is 9.98. The van der Waals surface area contributed by atoms with Gasteiger partial charge in [-0.2, -0.15) is 0 Å². The molecule has 2 heterocycles. The smallest absolute Gasteiger partial charge is 0.261 e. The molecule has 1 saturated carbocycles. The quantitative estimate of drug-likeness (QED) is 0.504. The third-order valence-electron chi connectivity index (χ3n) is 6.91. The average Bonchev–Trinajstić information content (AvgIpc) is 3.60. The van der Waals surface area contributed by atoms with Crippen molar-refractivity contribution in [3.05, 3.63) is 88.9 Å². The first-order valence-corrected chi connectivity index (χ1v) is 12.5. The van der Waals surface area contributed by atoms with E-state index >= 15 is 0 Å². The van der Waals surface area contributed by atoms with E-state index in [0.29, 0.717) is 31.0 Å². The molecule has 2 aliphatic rings. The number of nitrogens with zero attached hydrogens (tertiary/aromatic N) is 1. The van der Waals surface area contributed by atoms with E-state index in [2.05, 4.69) is 42.6 Å². The van der Waals surface area contributed by atoms with Crippen molar-refractivity contribution in [2.45, 2.75) is 58.2 Å². The lowest BCUT2D eigenvalue weighted by molar-refractivity contribution is -0.134. The summed E-state index contributed by atoms with van der Waals surface area (Å²) in [4.78, 5) is 28.0. The molecule has 3 aromatic rings. The Kier molecular flexibility index (Phi) is 6.62. The summed E-state index contributed by atoms with van der Waals surface area (Å²) in [5.41, 5.74) is 4.59. The third kappa shape index (κ3) is 5.11. The molecule has 1 aliphatic carbocycles. The van der Waals surface area contributed by atoms with Crippen LogP contribution in [-0.4, -0.2) is 29.4 Å². The summed E-state index contributed by atoms with van der Waals surface area (Å²) < 4.78 is 11.5. The first kappa shape index (κ1) is 23.2. The zero-order valence-corrected chi connectivity index (χ0v) is 20.3. The topological polar surface area (TPSA) is 71.8 Å². The van der Waals surface area contributed by atoms with Crippen molar-refractivity contribution in [3.8, 4) is 5.75 Å². The van der Waals surface area contributed by atoms with Crippen LogP contribution in [0.4, 0.5) is 0 Å². The highest BCUT2D eigenvalue weighted by atomic mass is 16.5. The minimum absolute atomic E-state index is 0.149. The molecule has 35 heavy (non-hydrogen) atoms. The van der Waals surface area contributed by atoms with Crippen LogP contribution in [0.25, 0.3) is 0 Å². The maximum Gasteiger partial charge on any atom is 0.261 e. The number of rotatable bonds is 8. The number of ether oxygens (including phenoxy) is 1. The number of furan rings is 1. The van der Waals surface area contributed by atoms with Crippen LogP contribution in [0.2, 0.25) is 0 Å². The number of aryl methyl sites for hydroxylation is 1. The molecule has 182 valence electrons. The molecule has 2 aromatic carbocycles. The Morgan fingerprint density at radius 2 is 1.94 bits per heavy atom. The fraction of sp³-hybridized carbons (Fsp3) is 0.379. The van der Waals surface area contributed by atoms with Crippen LogP contribution in [-0.2, 0) is 22.6 Å². The molecule has 1 N–H and O–H groups in total. The van der Waals surface area contributed by atoms with Crippen molar-refractivity contribution >= 4 is 11.8 Å². The molecule has 2 atom stereocenters. The van der Waals surface area contributed by atoms with Gasteiger partial charge in [-0.1, -0.05) is 42.8 Å². The summed E-state index contributed by atoms with van der Waals surface area (Å²) in [5, 5.41) is 2.89. The molecule has 0 spiro atoms. The number of fused-ring (bicyclic) bond motifs is 1. The molecule has 5 rings (SSSR count). The lowest BCUT2D eigenvalue weighted by atomic mass is 9.87. The second-order valence-corrected chi connectivity index (χ2v) is 9.54. The molecule has 0 bridgehead atoms. The van der Waals surface area contributed by atoms with Crippen LogP contribution in [0.1, 0.15) is 60.2 Å². The average molecular weight is 473 g/mol. The Bertz CT molecular complexity index is 1180. The summed E-state index contributed by atoms with van der Waals surface area (Å²) in [6.45, 7) is 5.04. The first-order chi connectivity index (χ1) is 17.0. The van der Waals surface area contributed by atoms with Gasteiger partial charge in [-0.15, -0.1) is 0 Å². The molecule has 0 unspecified atom stereocenters. The SMILES string of the molecule is CC[C@H](Oc1ccc2c(c1)[C@H](c1ccc(C)cc1)N(C(=O)C1CC1)CC2)C(=O)NCc1ccco1. The van der Waals surface area contributed by atoms with Gasteiger partial charge in [-0.05, 0) is 73.6 Å². The van der Waals surface area contributed by atoms with Crippen LogP contribution < -0.4 is 10.1 Å². The van der Waals surface area contributed by atoms with Crippen molar-refractivity contribution < 1.29 is 18.7 Å². The van der Waals surface area contributed by atoms with Gasteiger partial charge in [0.2, 0.25) is 5.91 Å². The van der Waals surface area contributed by atoms with E-state index in [9.17, 15) is 9.59 Å². The van der Waals surface area contributed by atoms with Crippen molar-refractivity contribution in [3.63, 3.8) is 0 Å². The molecule has 2 amide bonds. The molecular formula is C29H32N2O4. The van der Waals surface area contributed by atoms with Crippen LogP contribution in [0.3, 0.4) is 0 Å². The highest BCUT2D eigenvalue weighted by Crippen LogP contribution is 2.41. The highest BCUT2D eigenvalue weighted by Gasteiger charge is 2.39. The van der Waals surface area contributed by atoms with Crippen molar-refractivity contribution in [2.24, 2.45) is 5.92 Å². The summed E-state index contributed by atoms with van der Waals surface area (Å²) in [6, 6.07) is 17.9. The number of carbonyl (C=O) groups is 2. The number of hydrogen-bond donors (Lipinski definition) is 1. The number of nitrogens with one attached hydrogen (secondary N) is 1. The Balaban J connectivity index is 1.40. The van der Waals surface area contributed by atoms with Crippen LogP contribution in [0.15, 0.2) is 65.3 Å². The van der Waals surface area contributed by atoms with Gasteiger partial charge in [0.25, 0.3) is 5.91 Å². The largest absolute Gasteiger partial charge is 0.481 e. The Labute approximate surface area is 206 Å². The summed E-state index contributed by atoms with van der Waals surface area (Å²) >= 11 is 0. The van der Waals surface area contributed by atoms with Crippen molar-refractivity contribution in [2.75, 3.05) is 6.54 Å². The Morgan fingerprint density at radius 3 is 2.63 bits per heavy atom. The van der Waals surface area contributed by atoms with E-state index in [0.717, 1.165) is 30.4 Å². The molecule has 6 heteroatoms. The van der Waals surface area contributed by atoms with Gasteiger partial charge in [-0.3, -0.25) is 9.59 Å². The van der Waals surface area contributed by atoms with Gasteiger partial charge in [0.05, 0.1) is 18.8 Å². The molecule has 1 aliphatic heterocycles. The van der Waals surface area contributed by atoms with Crippen molar-refractivity contribution in [1.82, 2.24) is 10.2 Å². The highest BCUT2D eigenvalue weighted by molar-refractivity contribution is 5.82. The van der Waals surface area contributed by atoms with Crippen LogP contribution in [0, 0.1) is 12.8 Å². The fourth-order valence-corrected chi connectivity index (χ4v) is 4.76. The minimum atomic E-state index is -0.617. The first-order valence-electron chi connectivity index (χ1n) is 12.5. The number of amides is 2. The number of carbonyl (C=O) groups excluding carboxylic acids is 2. The maximum atomic E-state index is 13.2. The van der Waals surface area contributed by atoms with Crippen LogP contribution >= 0.6 is 0 Å². The summed E-state index contributed by atoms with van der Waals surface area (Å²) in [7, 11) is 0. The Hall–Kier alpha value is -3.54. The van der Waals surface area contributed by atoms with Crippen molar-refractivity contribution in [1.29, 1.82) is 0 Å². The van der Waals surface area contributed by atoms with Gasteiger partial charge in [0.1, 0.15) is 11.5 Å². The number of benzene rings is 2. The molecule has 0 radical (unpaired) electrons. The minimum Gasteiger partial charge on any atom is -0.481 e. The van der Waals surface area contributed by atoms with E-state index in [1.807, 2.05) is 30.0 Å². The van der Waals surface area contributed by atoms with Gasteiger partial charge >= 0.3 is 0 Å². The van der Waals surface area contributed by atoms with Crippen LogP contribution in [0.5, 0.6) is 5.75 Å². The second-order valence-electron chi connectivity index (χ2n) is 9.54. The fourth-order valence-electron chi connectivity index (χ4n) is 4.76. The Morgan fingerprint density at radius 1 is 1.14 bits per heavy atom. The standard InChI is InChI=1S/C29H32N2O4/c1-3-26(28(32)30-18-24-5-4-16-34-24)35-23-13-12-20-14-15-31(29(33)22-10-11-22)27(25(20)17-23)21-8-6-19(2)7-9-21/h4-9,12-13,16-17,22,26-27H,3,10-11,14-15,18H2,1-2H3,(H,30,32)/t26-,27-/m0/s1. The molecule has 1 aromatic heterocycles. The van der Waals surface area contributed by atoms with E-state index < -0.39 is 6.10 Å². The molecule has 0 saturated heterocycles. The lowest BCUT2D eigenvalue weighted by Crippen LogP contribution is -2.41. The van der Waals surface area contributed by atoms with E-state index in [-0.39, 0.29) is 23.8 Å². The predicted octanol–water partition coefficient (Wildman–Crippen LogP) is 4.95. The molecular weight excluding hydrogens is 440 g/mol. The molecule has 1 fully saturated rings. The van der Waals surface area contributed by atoms with Gasteiger partial charge < -0.3 is 19.4 Å². The van der Waals surface area contributed by atoms with Gasteiger partial charge in [-0.25, -0.2) is 0 Å². The van der Waals surface area contributed by atoms with Gasteiger partial charge in [0, 0.05) is 12.5 Å². The van der Waals surface area contributed by atoms with E-state index in [1.165, 1.54) is 11.1 Å².